The number of carbonyl (C=O) groups is 1. The van der Waals surface area contributed by atoms with Crippen LogP contribution in [0.3, 0.4) is 0 Å². The van der Waals surface area contributed by atoms with Gasteiger partial charge in [0.25, 0.3) is 0 Å². The summed E-state index contributed by atoms with van der Waals surface area (Å²) in [6.07, 6.45) is 3.27. The number of nitrogens with zero attached hydrogens (tertiary/aromatic N) is 5. The minimum atomic E-state index is -1.01. The van der Waals surface area contributed by atoms with Crippen molar-refractivity contribution >= 4 is 27.7 Å². The summed E-state index contributed by atoms with van der Waals surface area (Å²) < 4.78 is 8.34. The predicted octanol–water partition coefficient (Wildman–Crippen LogP) is 3.59. The van der Waals surface area contributed by atoms with E-state index in [9.17, 15) is 9.90 Å². The first-order valence-electron chi connectivity index (χ1n) is 9.83. The number of benzene rings is 1. The number of unbranched alkanes of at least 4 members (excludes halogenated alkanes) is 1. The molecular formula is C21H25BrN6O3. The van der Waals surface area contributed by atoms with E-state index in [-0.39, 0.29) is 5.56 Å². The monoisotopic (exact) mass is 488 g/mol. The average Bonchev–Trinajstić information content (AvgIpc) is 3.21. The van der Waals surface area contributed by atoms with E-state index in [1.165, 1.54) is 6.07 Å². The molecule has 0 saturated heterocycles. The molecule has 0 aliphatic carbocycles. The van der Waals surface area contributed by atoms with Crippen molar-refractivity contribution in [2.75, 3.05) is 32.7 Å². The zero-order chi connectivity index (χ0) is 22.2. The summed E-state index contributed by atoms with van der Waals surface area (Å²) in [4.78, 5) is 18.0. The number of carboxylic acid groups (broad SMARTS) is 1. The molecule has 0 radical (unpaired) electrons. The molecular weight excluding hydrogens is 464 g/mol. The maximum absolute atomic E-state index is 11.4. The molecule has 0 saturated carbocycles. The van der Waals surface area contributed by atoms with Gasteiger partial charge in [-0.25, -0.2) is 9.78 Å². The van der Waals surface area contributed by atoms with Crippen molar-refractivity contribution in [3.05, 3.63) is 52.8 Å². The lowest BCUT2D eigenvalue weighted by atomic mass is 10.2. The standard InChI is InChI=1S/C21H25BrN6O3/c1-27(2)13-23-19-7-5-6-17(25-19)20-26-24-14-28(20)10-3-4-11-31-18-9-8-15(22)12-16(18)21(29)30/h5-9,12,14H,3-4,10-11,13H2,1-2H3,(H,23,25)(H,29,30). The lowest BCUT2D eigenvalue weighted by molar-refractivity contribution is 0.0692. The molecule has 0 fully saturated rings. The van der Waals surface area contributed by atoms with Gasteiger partial charge in [-0.1, -0.05) is 22.0 Å². The van der Waals surface area contributed by atoms with Gasteiger partial charge < -0.3 is 19.7 Å². The van der Waals surface area contributed by atoms with E-state index in [4.69, 9.17) is 4.74 Å². The highest BCUT2D eigenvalue weighted by molar-refractivity contribution is 9.10. The number of aromatic nitrogens is 4. The SMILES string of the molecule is CN(C)CNc1cccc(-c2nncn2CCCCOc2ccc(Br)cc2C(=O)O)n1. The smallest absolute Gasteiger partial charge is 0.339 e. The van der Waals surface area contributed by atoms with Crippen LogP contribution < -0.4 is 10.1 Å². The molecule has 0 spiro atoms. The Morgan fingerprint density at radius 1 is 1.26 bits per heavy atom. The van der Waals surface area contributed by atoms with Crippen LogP contribution in [-0.4, -0.2) is 63.1 Å². The van der Waals surface area contributed by atoms with Gasteiger partial charge in [-0.05, 0) is 57.3 Å². The van der Waals surface area contributed by atoms with E-state index in [2.05, 4.69) is 36.4 Å². The summed E-state index contributed by atoms with van der Waals surface area (Å²) >= 11 is 3.28. The molecule has 3 rings (SSSR count). The second-order valence-corrected chi connectivity index (χ2v) is 8.09. The van der Waals surface area contributed by atoms with Crippen LogP contribution in [0.2, 0.25) is 0 Å². The molecule has 0 aliphatic heterocycles. The third kappa shape index (κ3) is 6.50. The Morgan fingerprint density at radius 2 is 2.10 bits per heavy atom. The number of nitrogens with one attached hydrogen (secondary N) is 1. The Hall–Kier alpha value is -2.98. The van der Waals surface area contributed by atoms with Gasteiger partial charge >= 0.3 is 5.97 Å². The van der Waals surface area contributed by atoms with E-state index >= 15 is 0 Å². The number of hydrogen-bond donors (Lipinski definition) is 2. The third-order valence-electron chi connectivity index (χ3n) is 4.39. The van der Waals surface area contributed by atoms with Crippen molar-refractivity contribution in [3.8, 4) is 17.3 Å². The summed E-state index contributed by atoms with van der Waals surface area (Å²) in [6, 6.07) is 10.7. The zero-order valence-corrected chi connectivity index (χ0v) is 19.0. The van der Waals surface area contributed by atoms with Gasteiger partial charge in [0.05, 0.1) is 13.3 Å². The molecule has 9 nitrogen and oxygen atoms in total. The first-order chi connectivity index (χ1) is 14.9. The highest BCUT2D eigenvalue weighted by Crippen LogP contribution is 2.23. The molecule has 0 aliphatic rings. The van der Waals surface area contributed by atoms with Crippen molar-refractivity contribution in [2.24, 2.45) is 0 Å². The van der Waals surface area contributed by atoms with Gasteiger partial charge in [-0.3, -0.25) is 4.90 Å². The van der Waals surface area contributed by atoms with Crippen LogP contribution in [0.4, 0.5) is 5.82 Å². The van der Waals surface area contributed by atoms with Crippen molar-refractivity contribution in [3.63, 3.8) is 0 Å². The topological polar surface area (TPSA) is 105 Å². The molecule has 1 aromatic carbocycles. The highest BCUT2D eigenvalue weighted by Gasteiger charge is 2.12. The number of hydrogen-bond acceptors (Lipinski definition) is 7. The number of ether oxygens (including phenoxy) is 1. The van der Waals surface area contributed by atoms with E-state index in [1.807, 2.05) is 41.8 Å². The number of rotatable bonds is 11. The van der Waals surface area contributed by atoms with Crippen LogP contribution in [0.5, 0.6) is 5.75 Å². The first-order valence-corrected chi connectivity index (χ1v) is 10.6. The maximum atomic E-state index is 11.4. The fourth-order valence-corrected chi connectivity index (χ4v) is 3.24. The van der Waals surface area contributed by atoms with Crippen LogP contribution in [0, 0.1) is 0 Å². The number of aryl methyl sites for hydroxylation is 1. The van der Waals surface area contributed by atoms with Gasteiger partial charge in [0.2, 0.25) is 0 Å². The summed E-state index contributed by atoms with van der Waals surface area (Å²) in [5, 5.41) is 20.8. The minimum Gasteiger partial charge on any atom is -0.493 e. The molecule has 2 aromatic heterocycles. The Balaban J connectivity index is 1.54. The van der Waals surface area contributed by atoms with E-state index in [0.717, 1.165) is 24.4 Å². The number of aromatic carboxylic acids is 1. The molecule has 164 valence electrons. The third-order valence-corrected chi connectivity index (χ3v) is 4.89. The molecule has 10 heteroatoms. The Kier molecular flexibility index (Phi) is 7.96. The quantitative estimate of drug-likeness (QED) is 0.311. The average molecular weight is 489 g/mol. The van der Waals surface area contributed by atoms with Gasteiger partial charge in [0.15, 0.2) is 5.82 Å². The lowest BCUT2D eigenvalue weighted by Gasteiger charge is -2.12. The second-order valence-electron chi connectivity index (χ2n) is 7.17. The second kappa shape index (κ2) is 10.9. The molecule has 0 bridgehead atoms. The molecule has 31 heavy (non-hydrogen) atoms. The van der Waals surface area contributed by atoms with Crippen LogP contribution in [0.25, 0.3) is 11.5 Å². The molecule has 2 heterocycles. The highest BCUT2D eigenvalue weighted by atomic mass is 79.9. The fraction of sp³-hybridized carbons (Fsp3) is 0.333. The van der Waals surface area contributed by atoms with Crippen molar-refractivity contribution in [1.82, 2.24) is 24.6 Å². The van der Waals surface area contributed by atoms with Gasteiger partial charge in [0.1, 0.15) is 29.2 Å². The lowest BCUT2D eigenvalue weighted by Crippen LogP contribution is -2.20. The summed E-state index contributed by atoms with van der Waals surface area (Å²) in [6.45, 7) is 1.81. The summed E-state index contributed by atoms with van der Waals surface area (Å²) in [5.41, 5.74) is 0.891. The van der Waals surface area contributed by atoms with Gasteiger partial charge in [-0.2, -0.15) is 0 Å². The number of pyridine rings is 1. The maximum Gasteiger partial charge on any atom is 0.339 e. The van der Waals surface area contributed by atoms with Gasteiger partial charge in [-0.15, -0.1) is 10.2 Å². The van der Waals surface area contributed by atoms with Crippen molar-refractivity contribution < 1.29 is 14.6 Å². The number of anilines is 1. The van der Waals surface area contributed by atoms with Crippen LogP contribution in [0.1, 0.15) is 23.2 Å². The van der Waals surface area contributed by atoms with E-state index in [1.54, 1.807) is 18.5 Å². The van der Waals surface area contributed by atoms with Crippen molar-refractivity contribution in [2.45, 2.75) is 19.4 Å². The molecule has 3 aromatic rings. The molecule has 0 unspecified atom stereocenters. The van der Waals surface area contributed by atoms with E-state index in [0.29, 0.717) is 35.9 Å². The number of carboxylic acids is 1. The first kappa shape index (κ1) is 22.7. The van der Waals surface area contributed by atoms with Crippen LogP contribution in [-0.2, 0) is 6.54 Å². The Bertz CT molecular complexity index is 1020. The summed E-state index contributed by atoms with van der Waals surface area (Å²) in [7, 11) is 3.97. The normalized spacial score (nSPS) is 11.0. The number of halogens is 1. The van der Waals surface area contributed by atoms with Crippen molar-refractivity contribution in [1.29, 1.82) is 0 Å². The van der Waals surface area contributed by atoms with Gasteiger partial charge in [0, 0.05) is 11.0 Å². The van der Waals surface area contributed by atoms with Crippen LogP contribution in [0.15, 0.2) is 47.2 Å². The fourth-order valence-electron chi connectivity index (χ4n) is 2.88. The minimum absolute atomic E-state index is 0.143. The zero-order valence-electron chi connectivity index (χ0n) is 17.5. The Labute approximate surface area is 189 Å². The predicted molar refractivity (Wildman–Crippen MR) is 121 cm³/mol. The molecule has 2 N–H and O–H groups in total. The largest absolute Gasteiger partial charge is 0.493 e. The molecule has 0 amide bonds. The molecule has 0 atom stereocenters. The van der Waals surface area contributed by atoms with Crippen LogP contribution >= 0.6 is 15.9 Å². The Morgan fingerprint density at radius 3 is 2.87 bits per heavy atom. The summed E-state index contributed by atoms with van der Waals surface area (Å²) in [5.74, 6) is 0.834. The van der Waals surface area contributed by atoms with E-state index < -0.39 is 5.97 Å².